The van der Waals surface area contributed by atoms with Crippen LogP contribution in [0.2, 0.25) is 10.0 Å². The third-order valence-electron chi connectivity index (χ3n) is 2.80. The maximum Gasteiger partial charge on any atom is 0.340 e. The van der Waals surface area contributed by atoms with Crippen LogP contribution in [0.4, 0.5) is 17.1 Å². The zero-order chi connectivity index (χ0) is 16.3. The molecule has 0 aliphatic rings. The average Bonchev–Trinajstić information content (AvgIpc) is 2.44. The number of carbonyl (C=O) groups is 1. The molecule has 4 nitrogen and oxygen atoms in total. The molecule has 0 spiro atoms. The van der Waals surface area contributed by atoms with Gasteiger partial charge in [0.05, 0.1) is 27.4 Å². The highest BCUT2D eigenvalue weighted by Crippen LogP contribution is 2.29. The Kier molecular flexibility index (Phi) is 5.16. The number of hydrogen-bond acceptors (Lipinski definition) is 4. The Balaban J connectivity index is 2.34. The summed E-state index contributed by atoms with van der Waals surface area (Å²) in [4.78, 5) is 12.2. The summed E-state index contributed by atoms with van der Waals surface area (Å²) in [6, 6.07) is 10.1. The van der Waals surface area contributed by atoms with E-state index in [4.69, 9.17) is 33.7 Å². The van der Waals surface area contributed by atoms with Crippen molar-refractivity contribution in [1.82, 2.24) is 0 Å². The summed E-state index contributed by atoms with van der Waals surface area (Å²) >= 11 is 11.9. The Bertz CT molecular complexity index is 703. The highest BCUT2D eigenvalue weighted by atomic mass is 35.5. The highest BCUT2D eigenvalue weighted by Gasteiger charge is 2.15. The first-order valence-electron chi connectivity index (χ1n) is 6.69. The SMILES string of the molecule is CC(C)OC(=O)c1cc(N)ccc1Nc1ccc(Cl)c(Cl)c1. The minimum absolute atomic E-state index is 0.216. The molecule has 0 atom stereocenters. The van der Waals surface area contributed by atoms with Gasteiger partial charge in [-0.05, 0) is 50.2 Å². The Morgan fingerprint density at radius 3 is 2.50 bits per heavy atom. The predicted molar refractivity (Wildman–Crippen MR) is 91.2 cm³/mol. The first-order chi connectivity index (χ1) is 10.4. The number of carbonyl (C=O) groups excluding carboxylic acids is 1. The number of benzene rings is 2. The van der Waals surface area contributed by atoms with Crippen LogP contribution in [0.25, 0.3) is 0 Å². The van der Waals surface area contributed by atoms with Crippen molar-refractivity contribution in [2.45, 2.75) is 20.0 Å². The topological polar surface area (TPSA) is 64.3 Å². The van der Waals surface area contributed by atoms with E-state index in [1.165, 1.54) is 0 Å². The molecule has 0 radical (unpaired) electrons. The lowest BCUT2D eigenvalue weighted by Gasteiger charge is -2.14. The van der Waals surface area contributed by atoms with Crippen molar-refractivity contribution < 1.29 is 9.53 Å². The first-order valence-corrected chi connectivity index (χ1v) is 7.45. The first kappa shape index (κ1) is 16.5. The van der Waals surface area contributed by atoms with Gasteiger partial charge in [-0.25, -0.2) is 4.79 Å². The third kappa shape index (κ3) is 4.06. The van der Waals surface area contributed by atoms with Crippen LogP contribution in [0.5, 0.6) is 0 Å². The van der Waals surface area contributed by atoms with Crippen LogP contribution in [-0.2, 0) is 4.74 Å². The van der Waals surface area contributed by atoms with Gasteiger partial charge >= 0.3 is 5.97 Å². The largest absolute Gasteiger partial charge is 0.459 e. The molecule has 0 heterocycles. The fourth-order valence-electron chi connectivity index (χ4n) is 1.85. The van der Waals surface area contributed by atoms with Gasteiger partial charge in [0.25, 0.3) is 0 Å². The summed E-state index contributed by atoms with van der Waals surface area (Å²) in [5, 5.41) is 4.01. The number of nitrogens with two attached hydrogens (primary N) is 1. The number of rotatable bonds is 4. The van der Waals surface area contributed by atoms with Crippen molar-refractivity contribution in [2.24, 2.45) is 0 Å². The molecule has 116 valence electrons. The molecule has 2 aromatic carbocycles. The predicted octanol–water partition coefficient (Wildman–Crippen LogP) is 4.88. The van der Waals surface area contributed by atoms with Crippen molar-refractivity contribution in [1.29, 1.82) is 0 Å². The fourth-order valence-corrected chi connectivity index (χ4v) is 2.14. The molecule has 2 aromatic rings. The Morgan fingerprint density at radius 1 is 1.14 bits per heavy atom. The number of anilines is 3. The molecule has 0 bridgehead atoms. The van der Waals surface area contributed by atoms with Gasteiger partial charge in [0.1, 0.15) is 0 Å². The van der Waals surface area contributed by atoms with Gasteiger partial charge in [-0.15, -0.1) is 0 Å². The molecule has 0 aliphatic carbocycles. The van der Waals surface area contributed by atoms with Crippen LogP contribution in [0, 0.1) is 0 Å². The second-order valence-corrected chi connectivity index (χ2v) is 5.83. The molecule has 0 fully saturated rings. The van der Waals surface area contributed by atoms with Gasteiger partial charge in [-0.3, -0.25) is 0 Å². The molecule has 6 heteroatoms. The van der Waals surface area contributed by atoms with Crippen LogP contribution < -0.4 is 11.1 Å². The van der Waals surface area contributed by atoms with E-state index in [0.29, 0.717) is 32.7 Å². The van der Waals surface area contributed by atoms with Crippen molar-refractivity contribution in [2.75, 3.05) is 11.1 Å². The van der Waals surface area contributed by atoms with Crippen LogP contribution in [-0.4, -0.2) is 12.1 Å². The van der Waals surface area contributed by atoms with Gasteiger partial charge in [0, 0.05) is 11.4 Å². The number of hydrogen-bond donors (Lipinski definition) is 2. The Labute approximate surface area is 139 Å². The lowest BCUT2D eigenvalue weighted by molar-refractivity contribution is 0.0379. The van der Waals surface area contributed by atoms with E-state index in [0.717, 1.165) is 0 Å². The van der Waals surface area contributed by atoms with E-state index in [2.05, 4.69) is 5.32 Å². The maximum absolute atomic E-state index is 12.2. The van der Waals surface area contributed by atoms with E-state index in [1.54, 1.807) is 50.2 Å². The molecule has 22 heavy (non-hydrogen) atoms. The molecule has 0 aliphatic heterocycles. The molecule has 0 saturated carbocycles. The van der Waals surface area contributed by atoms with E-state index in [1.807, 2.05) is 0 Å². The minimum Gasteiger partial charge on any atom is -0.459 e. The van der Waals surface area contributed by atoms with Crippen molar-refractivity contribution in [3.63, 3.8) is 0 Å². The summed E-state index contributed by atoms with van der Waals surface area (Å²) in [6.45, 7) is 3.58. The Hall–Kier alpha value is -1.91. The normalized spacial score (nSPS) is 10.6. The molecule has 0 unspecified atom stereocenters. The zero-order valence-corrected chi connectivity index (χ0v) is 13.7. The average molecular weight is 339 g/mol. The van der Waals surface area contributed by atoms with Gasteiger partial charge in [0.2, 0.25) is 0 Å². The fraction of sp³-hybridized carbons (Fsp3) is 0.188. The summed E-state index contributed by atoms with van der Waals surface area (Å²) < 4.78 is 5.23. The quantitative estimate of drug-likeness (QED) is 0.615. The standard InChI is InChI=1S/C16H16Cl2N2O2/c1-9(2)22-16(21)12-7-10(19)3-6-15(12)20-11-4-5-13(17)14(18)8-11/h3-9,20H,19H2,1-2H3. The summed E-state index contributed by atoms with van der Waals surface area (Å²) in [7, 11) is 0. The zero-order valence-electron chi connectivity index (χ0n) is 12.2. The monoisotopic (exact) mass is 338 g/mol. The van der Waals surface area contributed by atoms with Gasteiger partial charge in [-0.2, -0.15) is 0 Å². The van der Waals surface area contributed by atoms with Crippen LogP contribution in [0.3, 0.4) is 0 Å². The Morgan fingerprint density at radius 2 is 1.86 bits per heavy atom. The van der Waals surface area contributed by atoms with Crippen LogP contribution in [0.15, 0.2) is 36.4 Å². The van der Waals surface area contributed by atoms with E-state index >= 15 is 0 Å². The minimum atomic E-state index is -0.440. The summed E-state index contributed by atoms with van der Waals surface area (Å²) in [5.41, 5.74) is 7.89. The number of nitrogens with one attached hydrogen (secondary N) is 1. The van der Waals surface area contributed by atoms with Crippen LogP contribution >= 0.6 is 23.2 Å². The molecule has 0 aromatic heterocycles. The molecular formula is C16H16Cl2N2O2. The summed E-state index contributed by atoms with van der Waals surface area (Å²) in [6.07, 6.45) is -0.216. The molecule has 0 amide bonds. The molecular weight excluding hydrogens is 323 g/mol. The second-order valence-electron chi connectivity index (χ2n) is 5.01. The smallest absolute Gasteiger partial charge is 0.340 e. The van der Waals surface area contributed by atoms with Gasteiger partial charge < -0.3 is 15.8 Å². The lowest BCUT2D eigenvalue weighted by atomic mass is 10.1. The van der Waals surface area contributed by atoms with Crippen molar-refractivity contribution >= 4 is 46.2 Å². The van der Waals surface area contributed by atoms with Crippen molar-refractivity contribution in [3.8, 4) is 0 Å². The van der Waals surface area contributed by atoms with Gasteiger partial charge in [-0.1, -0.05) is 23.2 Å². The maximum atomic E-state index is 12.2. The number of ether oxygens (including phenoxy) is 1. The van der Waals surface area contributed by atoms with E-state index in [9.17, 15) is 4.79 Å². The number of esters is 1. The summed E-state index contributed by atoms with van der Waals surface area (Å²) in [5.74, 6) is -0.440. The molecule has 3 N–H and O–H groups in total. The molecule has 0 saturated heterocycles. The third-order valence-corrected chi connectivity index (χ3v) is 3.54. The lowest BCUT2D eigenvalue weighted by Crippen LogP contribution is -2.13. The van der Waals surface area contributed by atoms with Crippen molar-refractivity contribution in [3.05, 3.63) is 52.0 Å². The highest BCUT2D eigenvalue weighted by molar-refractivity contribution is 6.42. The number of halogens is 2. The van der Waals surface area contributed by atoms with Crippen LogP contribution in [0.1, 0.15) is 24.2 Å². The second kappa shape index (κ2) is 6.90. The van der Waals surface area contributed by atoms with Gasteiger partial charge in [0.15, 0.2) is 0 Å². The van der Waals surface area contributed by atoms with E-state index in [-0.39, 0.29) is 6.10 Å². The number of nitrogen functional groups attached to an aromatic ring is 1. The van der Waals surface area contributed by atoms with E-state index < -0.39 is 5.97 Å². The molecule has 2 rings (SSSR count).